The summed E-state index contributed by atoms with van der Waals surface area (Å²) in [6, 6.07) is 10.5. The van der Waals surface area contributed by atoms with Crippen LogP contribution in [0.3, 0.4) is 0 Å². The lowest BCUT2D eigenvalue weighted by atomic mass is 10.4. The Morgan fingerprint density at radius 2 is 0.947 bits per heavy atom. The first-order valence-corrected chi connectivity index (χ1v) is 7.98. The van der Waals surface area contributed by atoms with Crippen molar-refractivity contribution in [2.75, 3.05) is 0 Å². The fraction of sp³-hybridized carbons (Fsp3) is 0. The van der Waals surface area contributed by atoms with Crippen LogP contribution in [-0.2, 0) is 3.63 Å². The van der Waals surface area contributed by atoms with Crippen LogP contribution in [0.5, 0.6) is 0 Å². The zero-order valence-electron chi connectivity index (χ0n) is 9.20. The number of halogens is 4. The molecular formula is C12H6Cl4OS2. The van der Waals surface area contributed by atoms with E-state index >= 15 is 0 Å². The summed E-state index contributed by atoms with van der Waals surface area (Å²) in [5.74, 6) is 0. The third-order valence-corrected chi connectivity index (χ3v) is 5.54. The molecule has 0 aliphatic heterocycles. The maximum atomic E-state index is 6.03. The molecule has 0 bridgehead atoms. The van der Waals surface area contributed by atoms with Gasteiger partial charge in [-0.25, -0.2) is 3.63 Å². The van der Waals surface area contributed by atoms with Gasteiger partial charge in [-0.3, -0.25) is 0 Å². The van der Waals surface area contributed by atoms with Crippen molar-refractivity contribution in [3.05, 3.63) is 56.5 Å². The van der Waals surface area contributed by atoms with Crippen molar-refractivity contribution >= 4 is 70.5 Å². The molecule has 7 heteroatoms. The van der Waals surface area contributed by atoms with E-state index in [1.165, 1.54) is 0 Å². The van der Waals surface area contributed by atoms with Gasteiger partial charge in [-0.1, -0.05) is 58.5 Å². The molecule has 0 heterocycles. The van der Waals surface area contributed by atoms with E-state index in [0.717, 1.165) is 24.1 Å². The second kappa shape index (κ2) is 7.32. The van der Waals surface area contributed by atoms with Gasteiger partial charge in [0.2, 0.25) is 0 Å². The number of hydrogen-bond donors (Lipinski definition) is 0. The van der Waals surface area contributed by atoms with Crippen LogP contribution in [0.4, 0.5) is 0 Å². The molecule has 0 amide bonds. The van der Waals surface area contributed by atoms with Gasteiger partial charge >= 0.3 is 0 Å². The van der Waals surface area contributed by atoms with E-state index in [4.69, 9.17) is 50.0 Å². The van der Waals surface area contributed by atoms with Crippen LogP contribution in [0.25, 0.3) is 0 Å². The van der Waals surface area contributed by atoms with Crippen LogP contribution in [0.1, 0.15) is 0 Å². The van der Waals surface area contributed by atoms with E-state index in [0.29, 0.717) is 29.9 Å². The van der Waals surface area contributed by atoms with Crippen molar-refractivity contribution in [1.29, 1.82) is 0 Å². The van der Waals surface area contributed by atoms with Gasteiger partial charge < -0.3 is 0 Å². The maximum absolute atomic E-state index is 6.03. The molecule has 0 saturated carbocycles. The largest absolute Gasteiger partial charge is 0.237 e. The van der Waals surface area contributed by atoms with Crippen molar-refractivity contribution < 1.29 is 3.63 Å². The molecule has 0 aromatic heterocycles. The van der Waals surface area contributed by atoms with Gasteiger partial charge in [0.25, 0.3) is 0 Å². The molecule has 2 rings (SSSR count). The molecule has 2 aromatic rings. The zero-order chi connectivity index (χ0) is 13.8. The molecule has 0 atom stereocenters. The summed E-state index contributed by atoms with van der Waals surface area (Å²) in [7, 11) is 0. The minimum atomic E-state index is 0.531. The highest BCUT2D eigenvalue weighted by Gasteiger charge is 2.11. The van der Waals surface area contributed by atoms with Gasteiger partial charge in [0.1, 0.15) is 0 Å². The van der Waals surface area contributed by atoms with Crippen LogP contribution in [-0.4, -0.2) is 0 Å². The molecule has 19 heavy (non-hydrogen) atoms. The number of benzene rings is 2. The number of rotatable bonds is 4. The lowest BCUT2D eigenvalue weighted by molar-refractivity contribution is 0.757. The molecule has 0 saturated heterocycles. The van der Waals surface area contributed by atoms with E-state index in [9.17, 15) is 0 Å². The Bertz CT molecular complexity index is 500. The maximum Gasteiger partial charge on any atom is 0.0738 e. The highest BCUT2D eigenvalue weighted by Crippen LogP contribution is 2.41. The normalized spacial score (nSPS) is 10.7. The average Bonchev–Trinajstić information content (AvgIpc) is 2.36. The van der Waals surface area contributed by atoms with Crippen molar-refractivity contribution in [2.24, 2.45) is 0 Å². The van der Waals surface area contributed by atoms with Crippen molar-refractivity contribution in [1.82, 2.24) is 0 Å². The summed E-state index contributed by atoms with van der Waals surface area (Å²) in [5.41, 5.74) is 0. The summed E-state index contributed by atoms with van der Waals surface area (Å²) in [6.45, 7) is 0. The highest BCUT2D eigenvalue weighted by molar-refractivity contribution is 8.08. The van der Waals surface area contributed by atoms with Gasteiger partial charge in [-0.2, -0.15) is 0 Å². The Morgan fingerprint density at radius 1 is 0.632 bits per heavy atom. The molecule has 1 nitrogen and oxygen atoms in total. The molecule has 2 aromatic carbocycles. The molecule has 0 unspecified atom stereocenters. The van der Waals surface area contributed by atoms with Crippen molar-refractivity contribution in [3.63, 3.8) is 0 Å². The molecule has 0 aliphatic rings. The van der Waals surface area contributed by atoms with Crippen LogP contribution in [0.15, 0.2) is 46.2 Å². The van der Waals surface area contributed by atoms with Gasteiger partial charge in [0, 0.05) is 24.1 Å². The fourth-order valence-corrected chi connectivity index (χ4v) is 3.65. The average molecular weight is 372 g/mol. The van der Waals surface area contributed by atoms with Gasteiger partial charge in [0.05, 0.1) is 29.9 Å². The fourth-order valence-electron chi connectivity index (χ4n) is 1.21. The van der Waals surface area contributed by atoms with Crippen LogP contribution >= 0.6 is 70.5 Å². The van der Waals surface area contributed by atoms with Crippen molar-refractivity contribution in [2.45, 2.75) is 9.79 Å². The standard InChI is InChI=1S/C12H6Cl4OS2/c13-7-3-1-4-8(14)11(7)18-17-19-12-9(15)5-2-6-10(12)16/h1-6H. The third-order valence-electron chi connectivity index (χ3n) is 2.07. The second-order valence-corrected chi connectivity index (χ2v) is 6.66. The minimum Gasteiger partial charge on any atom is -0.237 e. The quantitative estimate of drug-likeness (QED) is 0.533. The third kappa shape index (κ3) is 4.11. The van der Waals surface area contributed by atoms with E-state index in [1.807, 2.05) is 0 Å². The molecule has 100 valence electrons. The van der Waals surface area contributed by atoms with Crippen LogP contribution < -0.4 is 0 Å². The second-order valence-electron chi connectivity index (χ2n) is 3.34. The number of hydrogen-bond acceptors (Lipinski definition) is 3. The van der Waals surface area contributed by atoms with Gasteiger partial charge in [-0.15, -0.1) is 0 Å². The van der Waals surface area contributed by atoms with Crippen LogP contribution in [0, 0.1) is 0 Å². The molecule has 0 radical (unpaired) electrons. The topological polar surface area (TPSA) is 9.23 Å². The first-order chi connectivity index (χ1) is 9.09. The SMILES string of the molecule is Clc1cccc(Cl)c1SOSc1c(Cl)cccc1Cl. The smallest absolute Gasteiger partial charge is 0.0738 e. The van der Waals surface area contributed by atoms with E-state index < -0.39 is 0 Å². The summed E-state index contributed by atoms with van der Waals surface area (Å²) in [6.07, 6.45) is 0. The molecule has 0 aliphatic carbocycles. The molecule has 0 spiro atoms. The van der Waals surface area contributed by atoms with E-state index in [2.05, 4.69) is 0 Å². The zero-order valence-corrected chi connectivity index (χ0v) is 13.9. The lowest BCUT2D eigenvalue weighted by Gasteiger charge is -2.07. The predicted octanol–water partition coefficient (Wildman–Crippen LogP) is 7.03. The van der Waals surface area contributed by atoms with Gasteiger partial charge in [0.15, 0.2) is 0 Å². The minimum absolute atomic E-state index is 0.531. The highest BCUT2D eigenvalue weighted by atomic mass is 35.5. The summed E-state index contributed by atoms with van der Waals surface area (Å²) >= 11 is 26.2. The predicted molar refractivity (Wildman–Crippen MR) is 85.7 cm³/mol. The molecular weight excluding hydrogens is 366 g/mol. The Hall–Kier alpha value is 0.260. The summed E-state index contributed by atoms with van der Waals surface area (Å²) in [4.78, 5) is 1.31. The Morgan fingerprint density at radius 3 is 1.26 bits per heavy atom. The molecule has 0 N–H and O–H groups in total. The van der Waals surface area contributed by atoms with Gasteiger partial charge in [-0.05, 0) is 24.3 Å². The summed E-state index contributed by atoms with van der Waals surface area (Å²) in [5, 5.41) is 2.12. The van der Waals surface area contributed by atoms with E-state index in [1.54, 1.807) is 36.4 Å². The first-order valence-electron chi connectivity index (χ1n) is 4.99. The monoisotopic (exact) mass is 370 g/mol. The molecule has 0 fully saturated rings. The Balaban J connectivity index is 2.05. The Kier molecular flexibility index (Phi) is 6.03. The van der Waals surface area contributed by atoms with E-state index in [-0.39, 0.29) is 0 Å². The lowest BCUT2D eigenvalue weighted by Crippen LogP contribution is -1.79. The summed E-state index contributed by atoms with van der Waals surface area (Å²) < 4.78 is 5.42. The van der Waals surface area contributed by atoms with Crippen molar-refractivity contribution in [3.8, 4) is 0 Å². The van der Waals surface area contributed by atoms with Crippen LogP contribution in [0.2, 0.25) is 20.1 Å². The first kappa shape index (κ1) is 15.6. The Labute approximate surface area is 139 Å².